The van der Waals surface area contributed by atoms with Crippen molar-refractivity contribution in [2.24, 2.45) is 0 Å². The van der Waals surface area contributed by atoms with Crippen LogP contribution in [-0.2, 0) is 21.4 Å². The first-order valence-electron chi connectivity index (χ1n) is 10.9. The van der Waals surface area contributed by atoms with Crippen molar-refractivity contribution in [3.05, 3.63) is 58.4 Å². The second-order valence-corrected chi connectivity index (χ2v) is 8.99. The van der Waals surface area contributed by atoms with Crippen LogP contribution in [0.1, 0.15) is 74.4 Å². The standard InChI is InChI=1S/C26H31NO2S/c1-5-26(6-2)14-15-30-24-16-19(4)21(17-23(24)26)10-12-22-11-8-20(18-27-22)9-13-25(28)29-7-3/h8,11,16-18H,5-7,9,13-15H2,1-4H3. The molecule has 4 heteroatoms. The monoisotopic (exact) mass is 421 g/mol. The van der Waals surface area contributed by atoms with Crippen LogP contribution in [0.3, 0.4) is 0 Å². The van der Waals surface area contributed by atoms with E-state index in [9.17, 15) is 4.79 Å². The second-order valence-electron chi connectivity index (χ2n) is 7.86. The number of thioether (sulfide) groups is 1. The van der Waals surface area contributed by atoms with Crippen molar-refractivity contribution in [2.45, 2.75) is 70.1 Å². The van der Waals surface area contributed by atoms with E-state index in [1.54, 1.807) is 6.20 Å². The van der Waals surface area contributed by atoms with Crippen molar-refractivity contribution < 1.29 is 9.53 Å². The normalized spacial score (nSPS) is 14.4. The molecular weight excluding hydrogens is 390 g/mol. The summed E-state index contributed by atoms with van der Waals surface area (Å²) in [5.74, 6) is 7.61. The van der Waals surface area contributed by atoms with E-state index in [1.165, 1.54) is 41.0 Å². The van der Waals surface area contributed by atoms with Crippen LogP contribution in [0.15, 0.2) is 35.4 Å². The Hall–Kier alpha value is -2.25. The lowest BCUT2D eigenvalue weighted by Gasteiger charge is -2.38. The third-order valence-corrected chi connectivity index (χ3v) is 7.22. The summed E-state index contributed by atoms with van der Waals surface area (Å²) in [7, 11) is 0. The van der Waals surface area contributed by atoms with Gasteiger partial charge >= 0.3 is 5.97 Å². The number of aryl methyl sites for hydroxylation is 2. The lowest BCUT2D eigenvalue weighted by molar-refractivity contribution is -0.143. The van der Waals surface area contributed by atoms with Crippen molar-refractivity contribution in [2.75, 3.05) is 12.4 Å². The summed E-state index contributed by atoms with van der Waals surface area (Å²) in [6, 6.07) is 8.56. The molecule has 1 aliphatic rings. The average molecular weight is 422 g/mol. The molecule has 1 aliphatic heterocycles. The first kappa shape index (κ1) is 22.4. The number of ether oxygens (including phenoxy) is 1. The highest BCUT2D eigenvalue weighted by molar-refractivity contribution is 7.99. The molecule has 2 heterocycles. The second kappa shape index (κ2) is 10.2. The van der Waals surface area contributed by atoms with Crippen molar-refractivity contribution in [3.8, 4) is 11.8 Å². The quantitative estimate of drug-likeness (QED) is 0.434. The van der Waals surface area contributed by atoms with Gasteiger partial charge in [0.2, 0.25) is 0 Å². The van der Waals surface area contributed by atoms with Gasteiger partial charge in [-0.05, 0) is 91.5 Å². The van der Waals surface area contributed by atoms with Crippen molar-refractivity contribution >= 4 is 17.7 Å². The lowest BCUT2D eigenvalue weighted by Crippen LogP contribution is -2.29. The van der Waals surface area contributed by atoms with Gasteiger partial charge in [0, 0.05) is 23.1 Å². The fraction of sp³-hybridized carbons (Fsp3) is 0.462. The minimum Gasteiger partial charge on any atom is -0.466 e. The van der Waals surface area contributed by atoms with E-state index in [4.69, 9.17) is 4.74 Å². The highest BCUT2D eigenvalue weighted by Gasteiger charge is 2.34. The Labute approximate surface area is 185 Å². The van der Waals surface area contributed by atoms with E-state index in [0.717, 1.165) is 16.8 Å². The summed E-state index contributed by atoms with van der Waals surface area (Å²) >= 11 is 1.98. The summed E-state index contributed by atoms with van der Waals surface area (Å²) in [5.41, 5.74) is 5.84. The van der Waals surface area contributed by atoms with Gasteiger partial charge in [-0.15, -0.1) is 11.8 Å². The number of esters is 1. The zero-order chi connectivity index (χ0) is 21.6. The van der Waals surface area contributed by atoms with Gasteiger partial charge in [0.05, 0.1) is 6.61 Å². The predicted molar refractivity (Wildman–Crippen MR) is 124 cm³/mol. The Morgan fingerprint density at radius 3 is 2.67 bits per heavy atom. The molecule has 30 heavy (non-hydrogen) atoms. The molecule has 0 N–H and O–H groups in total. The number of hydrogen-bond donors (Lipinski definition) is 0. The molecule has 1 aromatic heterocycles. The van der Waals surface area contributed by atoms with Crippen LogP contribution in [0, 0.1) is 18.8 Å². The average Bonchev–Trinajstić information content (AvgIpc) is 2.76. The summed E-state index contributed by atoms with van der Waals surface area (Å²) < 4.78 is 4.97. The first-order valence-corrected chi connectivity index (χ1v) is 11.9. The molecule has 0 saturated carbocycles. The maximum atomic E-state index is 11.5. The number of hydrogen-bond acceptors (Lipinski definition) is 4. The number of benzene rings is 1. The van der Waals surface area contributed by atoms with Crippen LogP contribution < -0.4 is 0 Å². The lowest BCUT2D eigenvalue weighted by atomic mass is 9.73. The molecule has 0 aliphatic carbocycles. The van der Waals surface area contributed by atoms with Gasteiger partial charge in [-0.3, -0.25) is 4.79 Å². The molecule has 0 radical (unpaired) electrons. The van der Waals surface area contributed by atoms with E-state index < -0.39 is 0 Å². The van der Waals surface area contributed by atoms with Crippen LogP contribution in [0.2, 0.25) is 0 Å². The van der Waals surface area contributed by atoms with Gasteiger partial charge in [0.15, 0.2) is 0 Å². The molecule has 3 rings (SSSR count). The van der Waals surface area contributed by atoms with Crippen LogP contribution >= 0.6 is 11.8 Å². The van der Waals surface area contributed by atoms with E-state index in [1.807, 2.05) is 30.8 Å². The van der Waals surface area contributed by atoms with Gasteiger partial charge in [0.25, 0.3) is 0 Å². The summed E-state index contributed by atoms with van der Waals surface area (Å²) in [6.07, 6.45) is 6.39. The number of carbonyl (C=O) groups is 1. The van der Waals surface area contributed by atoms with Crippen molar-refractivity contribution in [1.82, 2.24) is 4.98 Å². The van der Waals surface area contributed by atoms with Gasteiger partial charge in [-0.2, -0.15) is 0 Å². The minimum absolute atomic E-state index is 0.169. The number of pyridine rings is 1. The third-order valence-electron chi connectivity index (χ3n) is 6.16. The van der Waals surface area contributed by atoms with E-state index in [2.05, 4.69) is 49.7 Å². The maximum absolute atomic E-state index is 11.5. The SMILES string of the molecule is CCOC(=O)CCc1ccc(C#Cc2cc3c(cc2C)SCCC3(CC)CC)nc1. The van der Waals surface area contributed by atoms with Crippen LogP contribution in [0.25, 0.3) is 0 Å². The largest absolute Gasteiger partial charge is 0.466 e. The molecular formula is C26H31NO2S. The zero-order valence-corrected chi connectivity index (χ0v) is 19.3. The number of fused-ring (bicyclic) bond motifs is 1. The van der Waals surface area contributed by atoms with Crippen LogP contribution in [0.4, 0.5) is 0 Å². The van der Waals surface area contributed by atoms with Gasteiger partial charge < -0.3 is 4.74 Å². The van der Waals surface area contributed by atoms with Gasteiger partial charge in [-0.25, -0.2) is 4.98 Å². The number of carbonyl (C=O) groups excluding carboxylic acids is 1. The fourth-order valence-corrected chi connectivity index (χ4v) is 5.49. The predicted octanol–water partition coefficient (Wildman–Crippen LogP) is 5.84. The number of rotatable bonds is 6. The van der Waals surface area contributed by atoms with Crippen LogP contribution in [0.5, 0.6) is 0 Å². The molecule has 0 saturated heterocycles. The Balaban J connectivity index is 1.79. The van der Waals surface area contributed by atoms with Crippen LogP contribution in [-0.4, -0.2) is 23.3 Å². The van der Waals surface area contributed by atoms with E-state index >= 15 is 0 Å². The molecule has 0 bridgehead atoms. The van der Waals surface area contributed by atoms with Crippen molar-refractivity contribution in [1.29, 1.82) is 0 Å². The Morgan fingerprint density at radius 1 is 1.20 bits per heavy atom. The maximum Gasteiger partial charge on any atom is 0.306 e. The Bertz CT molecular complexity index is 949. The zero-order valence-electron chi connectivity index (χ0n) is 18.5. The summed E-state index contributed by atoms with van der Waals surface area (Å²) in [5, 5.41) is 0. The highest BCUT2D eigenvalue weighted by Crippen LogP contribution is 2.46. The number of aromatic nitrogens is 1. The Morgan fingerprint density at radius 2 is 2.00 bits per heavy atom. The molecule has 3 nitrogen and oxygen atoms in total. The van der Waals surface area contributed by atoms with Gasteiger partial charge in [0.1, 0.15) is 5.69 Å². The van der Waals surface area contributed by atoms with Gasteiger partial charge in [-0.1, -0.05) is 25.8 Å². The summed E-state index contributed by atoms with van der Waals surface area (Å²) in [4.78, 5) is 17.4. The summed E-state index contributed by atoms with van der Waals surface area (Å²) in [6.45, 7) is 9.00. The molecule has 0 fully saturated rings. The molecule has 2 aromatic rings. The van der Waals surface area contributed by atoms with E-state index in [0.29, 0.717) is 19.4 Å². The van der Waals surface area contributed by atoms with E-state index in [-0.39, 0.29) is 11.4 Å². The topological polar surface area (TPSA) is 39.2 Å². The molecule has 0 atom stereocenters. The molecule has 1 aromatic carbocycles. The number of nitrogens with zero attached hydrogens (tertiary/aromatic N) is 1. The third kappa shape index (κ3) is 5.08. The molecule has 0 unspecified atom stereocenters. The minimum atomic E-state index is -0.169. The fourth-order valence-electron chi connectivity index (χ4n) is 4.08. The molecule has 158 valence electrons. The Kier molecular flexibility index (Phi) is 7.61. The first-order chi connectivity index (χ1) is 14.5. The highest BCUT2D eigenvalue weighted by atomic mass is 32.2. The smallest absolute Gasteiger partial charge is 0.306 e. The van der Waals surface area contributed by atoms with Crippen molar-refractivity contribution in [3.63, 3.8) is 0 Å². The molecule has 0 spiro atoms. The molecule has 0 amide bonds.